The van der Waals surface area contributed by atoms with Crippen LogP contribution in [0.5, 0.6) is 0 Å². The second-order valence-electron chi connectivity index (χ2n) is 4.32. The molecule has 3 N–H and O–H groups in total. The number of nitrogens with zero attached hydrogens (tertiary/aromatic N) is 2. The highest BCUT2D eigenvalue weighted by Gasteiger charge is 2.37. The van der Waals surface area contributed by atoms with E-state index in [0.717, 1.165) is 4.68 Å². The van der Waals surface area contributed by atoms with E-state index in [1.54, 1.807) is 0 Å². The van der Waals surface area contributed by atoms with Crippen molar-refractivity contribution in [3.8, 4) is 0 Å². The van der Waals surface area contributed by atoms with Gasteiger partial charge in [0.2, 0.25) is 0 Å². The average Bonchev–Trinajstić information content (AvgIpc) is 2.62. The lowest BCUT2D eigenvalue weighted by molar-refractivity contribution is -0.142. The first-order valence-electron chi connectivity index (χ1n) is 6.00. The van der Waals surface area contributed by atoms with Crippen molar-refractivity contribution in [3.05, 3.63) is 11.3 Å². The number of anilines is 1. The molecule has 0 spiro atoms. The zero-order chi connectivity index (χ0) is 16.2. The standard InChI is InChI=1S/C11H15F3N4O3/c1-6-8(11(12,13)14)17-18(2)9(6)16-10(21)15-5-3-4-7(19)20/h3-5H2,1-2H3,(H,19,20)(H2,15,16,21). The van der Waals surface area contributed by atoms with Crippen LogP contribution in [0.3, 0.4) is 0 Å². The van der Waals surface area contributed by atoms with Gasteiger partial charge in [0, 0.05) is 25.6 Å². The molecule has 0 saturated carbocycles. The van der Waals surface area contributed by atoms with E-state index >= 15 is 0 Å². The summed E-state index contributed by atoms with van der Waals surface area (Å²) < 4.78 is 38.9. The Morgan fingerprint density at radius 1 is 1.38 bits per heavy atom. The van der Waals surface area contributed by atoms with Crippen LogP contribution < -0.4 is 10.6 Å². The molecule has 0 aliphatic rings. The number of carbonyl (C=O) groups excluding carboxylic acids is 1. The van der Waals surface area contributed by atoms with Gasteiger partial charge in [-0.05, 0) is 13.3 Å². The Kier molecular flexibility index (Phi) is 5.17. The van der Waals surface area contributed by atoms with E-state index in [2.05, 4.69) is 15.7 Å². The van der Waals surface area contributed by atoms with Crippen molar-refractivity contribution in [2.24, 2.45) is 7.05 Å². The summed E-state index contributed by atoms with van der Waals surface area (Å²) in [6.07, 6.45) is -4.48. The number of amides is 2. The largest absolute Gasteiger partial charge is 0.481 e. The quantitative estimate of drug-likeness (QED) is 0.722. The van der Waals surface area contributed by atoms with Gasteiger partial charge < -0.3 is 10.4 Å². The van der Waals surface area contributed by atoms with Crippen LogP contribution in [0, 0.1) is 6.92 Å². The van der Waals surface area contributed by atoms with E-state index in [1.165, 1.54) is 14.0 Å². The fourth-order valence-corrected chi connectivity index (χ4v) is 1.67. The molecule has 7 nitrogen and oxygen atoms in total. The third-order valence-corrected chi connectivity index (χ3v) is 2.64. The lowest BCUT2D eigenvalue weighted by Gasteiger charge is -2.08. The highest BCUT2D eigenvalue weighted by Crippen LogP contribution is 2.33. The predicted molar refractivity (Wildman–Crippen MR) is 66.8 cm³/mol. The number of aryl methyl sites for hydroxylation is 1. The summed E-state index contributed by atoms with van der Waals surface area (Å²) in [5.41, 5.74) is -1.25. The van der Waals surface area contributed by atoms with Gasteiger partial charge in [0.25, 0.3) is 0 Å². The Balaban J connectivity index is 2.65. The molecule has 0 fully saturated rings. The van der Waals surface area contributed by atoms with Gasteiger partial charge in [-0.15, -0.1) is 0 Å². The molecule has 1 aromatic rings. The Labute approximate surface area is 118 Å². The summed E-state index contributed by atoms with van der Waals surface area (Å²) in [4.78, 5) is 21.8. The molecule has 21 heavy (non-hydrogen) atoms. The van der Waals surface area contributed by atoms with E-state index in [1.807, 2.05) is 0 Å². The summed E-state index contributed by atoms with van der Waals surface area (Å²) in [5, 5.41) is 16.4. The van der Waals surface area contributed by atoms with E-state index in [0.29, 0.717) is 0 Å². The molecule has 2 amide bonds. The molecule has 1 aromatic heterocycles. The highest BCUT2D eigenvalue weighted by molar-refractivity contribution is 5.89. The average molecular weight is 308 g/mol. The summed E-state index contributed by atoms with van der Waals surface area (Å²) in [7, 11) is 1.28. The van der Waals surface area contributed by atoms with Crippen LogP contribution in [0.4, 0.5) is 23.8 Å². The summed E-state index contributed by atoms with van der Waals surface area (Å²) in [6.45, 7) is 1.30. The Hall–Kier alpha value is -2.26. The predicted octanol–water partition coefficient (Wildman–Crippen LogP) is 1.73. The maximum absolute atomic E-state index is 12.6. The number of carboxylic acids is 1. The third kappa shape index (κ3) is 4.65. The maximum Gasteiger partial charge on any atom is 0.435 e. The summed E-state index contributed by atoms with van der Waals surface area (Å²) in [6, 6.07) is -0.722. The van der Waals surface area contributed by atoms with Crippen LogP contribution in [0.25, 0.3) is 0 Å². The Morgan fingerprint density at radius 2 is 2.00 bits per heavy atom. The van der Waals surface area contributed by atoms with Crippen LogP contribution in [-0.4, -0.2) is 33.4 Å². The number of aliphatic carboxylic acids is 1. The molecular weight excluding hydrogens is 293 g/mol. The first-order valence-corrected chi connectivity index (χ1v) is 6.00. The van der Waals surface area contributed by atoms with Crippen molar-refractivity contribution in [2.75, 3.05) is 11.9 Å². The molecular formula is C11H15F3N4O3. The molecule has 0 aliphatic carbocycles. The minimum Gasteiger partial charge on any atom is -0.481 e. The molecule has 0 aliphatic heterocycles. The van der Waals surface area contributed by atoms with E-state index in [-0.39, 0.29) is 30.8 Å². The van der Waals surface area contributed by atoms with Gasteiger partial charge in [-0.3, -0.25) is 14.8 Å². The van der Waals surface area contributed by atoms with E-state index in [9.17, 15) is 22.8 Å². The fraction of sp³-hybridized carbons (Fsp3) is 0.545. The van der Waals surface area contributed by atoms with E-state index in [4.69, 9.17) is 5.11 Å². The number of hydrogen-bond acceptors (Lipinski definition) is 3. The van der Waals surface area contributed by atoms with Gasteiger partial charge in [-0.1, -0.05) is 0 Å². The van der Waals surface area contributed by atoms with Crippen molar-refractivity contribution < 1.29 is 27.9 Å². The van der Waals surface area contributed by atoms with Gasteiger partial charge in [0.05, 0.1) is 0 Å². The van der Waals surface area contributed by atoms with E-state index < -0.39 is 23.9 Å². The van der Waals surface area contributed by atoms with Gasteiger partial charge in [0.1, 0.15) is 5.82 Å². The number of carboxylic acid groups (broad SMARTS) is 1. The number of halogens is 3. The van der Waals surface area contributed by atoms with Gasteiger partial charge in [0.15, 0.2) is 5.69 Å². The molecule has 1 rings (SSSR count). The van der Waals surface area contributed by atoms with Crippen LogP contribution in [-0.2, 0) is 18.0 Å². The number of urea groups is 1. The number of alkyl halides is 3. The van der Waals surface area contributed by atoms with Crippen LogP contribution >= 0.6 is 0 Å². The van der Waals surface area contributed by atoms with Crippen molar-refractivity contribution in [1.29, 1.82) is 0 Å². The number of aromatic nitrogens is 2. The number of hydrogen-bond donors (Lipinski definition) is 3. The van der Waals surface area contributed by atoms with Gasteiger partial charge in [-0.25, -0.2) is 4.79 Å². The molecule has 0 radical (unpaired) electrons. The Bertz CT molecular complexity index is 540. The Morgan fingerprint density at radius 3 is 2.48 bits per heavy atom. The summed E-state index contributed by atoms with van der Waals surface area (Å²) >= 11 is 0. The molecule has 0 unspecified atom stereocenters. The SMILES string of the molecule is Cc1c(C(F)(F)F)nn(C)c1NC(=O)NCCCC(=O)O. The molecule has 10 heteroatoms. The topological polar surface area (TPSA) is 96.3 Å². The molecule has 0 bridgehead atoms. The van der Waals surface area contributed by atoms with Gasteiger partial charge in [-0.2, -0.15) is 18.3 Å². The van der Waals surface area contributed by atoms with Crippen LogP contribution in [0.2, 0.25) is 0 Å². The summed E-state index contributed by atoms with van der Waals surface area (Å²) in [5.74, 6) is -1.06. The lowest BCUT2D eigenvalue weighted by atomic mass is 10.2. The number of nitrogens with one attached hydrogen (secondary N) is 2. The van der Waals surface area contributed by atoms with Crippen molar-refractivity contribution >= 4 is 17.8 Å². The number of rotatable bonds is 5. The zero-order valence-corrected chi connectivity index (χ0v) is 11.4. The molecule has 0 atom stereocenters. The zero-order valence-electron chi connectivity index (χ0n) is 11.4. The minimum absolute atomic E-state index is 0.0712. The second kappa shape index (κ2) is 6.46. The normalized spacial score (nSPS) is 11.3. The smallest absolute Gasteiger partial charge is 0.435 e. The fourth-order valence-electron chi connectivity index (χ4n) is 1.67. The van der Waals surface area contributed by atoms with Crippen molar-refractivity contribution in [1.82, 2.24) is 15.1 Å². The minimum atomic E-state index is -4.60. The third-order valence-electron chi connectivity index (χ3n) is 2.64. The maximum atomic E-state index is 12.6. The molecule has 118 valence electrons. The lowest BCUT2D eigenvalue weighted by Crippen LogP contribution is -2.30. The number of carbonyl (C=O) groups is 2. The van der Waals surface area contributed by atoms with Crippen LogP contribution in [0.15, 0.2) is 0 Å². The molecule has 1 heterocycles. The monoisotopic (exact) mass is 308 g/mol. The van der Waals surface area contributed by atoms with Crippen molar-refractivity contribution in [3.63, 3.8) is 0 Å². The molecule has 0 saturated heterocycles. The first kappa shape index (κ1) is 16.8. The van der Waals surface area contributed by atoms with Gasteiger partial charge >= 0.3 is 18.2 Å². The molecule has 0 aromatic carbocycles. The van der Waals surface area contributed by atoms with Crippen LogP contribution in [0.1, 0.15) is 24.1 Å². The first-order chi connectivity index (χ1) is 9.62. The van der Waals surface area contributed by atoms with Crippen molar-refractivity contribution in [2.45, 2.75) is 25.9 Å². The highest BCUT2D eigenvalue weighted by atomic mass is 19.4. The second-order valence-corrected chi connectivity index (χ2v) is 4.32.